The van der Waals surface area contributed by atoms with Gasteiger partial charge in [0, 0.05) is 18.3 Å². The first-order valence-corrected chi connectivity index (χ1v) is 6.03. The number of methoxy groups -OCH3 is 1. The van der Waals surface area contributed by atoms with Gasteiger partial charge in [0.15, 0.2) is 0 Å². The Morgan fingerprint density at radius 3 is 3.17 bits per heavy atom. The van der Waals surface area contributed by atoms with E-state index in [1.54, 1.807) is 7.11 Å². The van der Waals surface area contributed by atoms with Gasteiger partial charge in [-0.1, -0.05) is 12.1 Å². The second-order valence-corrected chi connectivity index (χ2v) is 4.19. The van der Waals surface area contributed by atoms with Crippen molar-refractivity contribution in [2.75, 3.05) is 26.8 Å². The summed E-state index contributed by atoms with van der Waals surface area (Å²) in [6, 6.07) is 7.81. The Morgan fingerprint density at radius 1 is 1.61 bits per heavy atom. The standard InChI is InChI=1S/C12H16ClN3O2/c1-17-10-4-2-3-9(7-10)11-8-16(5-6-18-11)12(14)15-13/h2-4,7,11H,5-6,8H2,1H3,(H2,14,15). The predicted octanol–water partition coefficient (Wildman–Crippen LogP) is 1.54. The van der Waals surface area contributed by atoms with E-state index in [1.165, 1.54) is 0 Å². The van der Waals surface area contributed by atoms with Gasteiger partial charge in [-0.3, -0.25) is 0 Å². The topological polar surface area (TPSA) is 60.1 Å². The van der Waals surface area contributed by atoms with E-state index in [-0.39, 0.29) is 6.10 Å². The van der Waals surface area contributed by atoms with E-state index in [2.05, 4.69) is 4.51 Å². The number of morpholine rings is 1. The average Bonchev–Trinajstić information content (AvgIpc) is 2.46. The summed E-state index contributed by atoms with van der Waals surface area (Å²) in [7, 11) is 1.64. The Hall–Kier alpha value is -1.46. The molecule has 18 heavy (non-hydrogen) atoms. The van der Waals surface area contributed by atoms with Crippen molar-refractivity contribution in [3.05, 3.63) is 29.8 Å². The van der Waals surface area contributed by atoms with Crippen molar-refractivity contribution in [1.82, 2.24) is 4.90 Å². The lowest BCUT2D eigenvalue weighted by molar-refractivity contribution is -0.00729. The van der Waals surface area contributed by atoms with Crippen LogP contribution in [-0.4, -0.2) is 37.7 Å². The van der Waals surface area contributed by atoms with E-state index in [1.807, 2.05) is 29.2 Å². The molecule has 6 heteroatoms. The van der Waals surface area contributed by atoms with E-state index in [0.29, 0.717) is 25.7 Å². The Bertz CT molecular complexity index is 439. The van der Waals surface area contributed by atoms with Gasteiger partial charge in [-0.25, -0.2) is 0 Å². The van der Waals surface area contributed by atoms with Gasteiger partial charge < -0.3 is 20.1 Å². The van der Waals surface area contributed by atoms with Gasteiger partial charge in [0.25, 0.3) is 0 Å². The Kier molecular flexibility index (Phi) is 4.28. The van der Waals surface area contributed by atoms with Crippen LogP contribution >= 0.6 is 11.8 Å². The molecule has 0 spiro atoms. The Labute approximate surface area is 111 Å². The van der Waals surface area contributed by atoms with E-state index >= 15 is 0 Å². The Balaban J connectivity index is 2.12. The quantitative estimate of drug-likeness (QED) is 0.654. The lowest BCUT2D eigenvalue weighted by Gasteiger charge is -2.33. The van der Waals surface area contributed by atoms with E-state index in [0.717, 1.165) is 11.3 Å². The molecule has 0 bridgehead atoms. The van der Waals surface area contributed by atoms with E-state index in [4.69, 9.17) is 27.0 Å². The highest BCUT2D eigenvalue weighted by Crippen LogP contribution is 2.25. The van der Waals surface area contributed by atoms with Crippen LogP contribution in [0.4, 0.5) is 0 Å². The zero-order valence-corrected chi connectivity index (χ0v) is 10.9. The third kappa shape index (κ3) is 2.86. The highest BCUT2D eigenvalue weighted by Gasteiger charge is 2.23. The molecule has 1 fully saturated rings. The first-order valence-electron chi connectivity index (χ1n) is 5.69. The molecule has 0 radical (unpaired) electrons. The van der Waals surface area contributed by atoms with Crippen LogP contribution in [0.15, 0.2) is 28.8 Å². The molecule has 98 valence electrons. The van der Waals surface area contributed by atoms with Crippen LogP contribution in [0.1, 0.15) is 11.7 Å². The van der Waals surface area contributed by atoms with Crippen molar-refractivity contribution in [3.8, 4) is 5.75 Å². The van der Waals surface area contributed by atoms with Crippen molar-refractivity contribution < 1.29 is 9.47 Å². The minimum Gasteiger partial charge on any atom is -0.497 e. The summed E-state index contributed by atoms with van der Waals surface area (Å²) in [5, 5.41) is 0. The summed E-state index contributed by atoms with van der Waals surface area (Å²) < 4.78 is 14.4. The molecule has 0 saturated carbocycles. The van der Waals surface area contributed by atoms with Crippen LogP contribution in [0.3, 0.4) is 0 Å². The molecule has 1 aliphatic heterocycles. The number of hydrogen-bond donors (Lipinski definition) is 1. The van der Waals surface area contributed by atoms with Gasteiger partial charge >= 0.3 is 0 Å². The zero-order valence-electron chi connectivity index (χ0n) is 10.2. The number of rotatable bonds is 2. The molecule has 0 aromatic heterocycles. The van der Waals surface area contributed by atoms with Gasteiger partial charge in [0.1, 0.15) is 11.9 Å². The van der Waals surface area contributed by atoms with Gasteiger partial charge in [-0.05, 0) is 17.7 Å². The monoisotopic (exact) mass is 269 g/mol. The first kappa shape index (κ1) is 13.0. The van der Waals surface area contributed by atoms with Gasteiger partial charge in [0.05, 0.1) is 20.3 Å². The fourth-order valence-electron chi connectivity index (χ4n) is 1.95. The lowest BCUT2D eigenvalue weighted by Crippen LogP contribution is -2.45. The fraction of sp³-hybridized carbons (Fsp3) is 0.417. The summed E-state index contributed by atoms with van der Waals surface area (Å²) in [5.41, 5.74) is 6.76. The highest BCUT2D eigenvalue weighted by atomic mass is 35.5. The number of halogens is 1. The molecule has 0 aliphatic carbocycles. The smallest absolute Gasteiger partial charge is 0.209 e. The number of nitrogens with zero attached hydrogens (tertiary/aromatic N) is 2. The molecular weight excluding hydrogens is 254 g/mol. The van der Waals surface area contributed by atoms with Crippen LogP contribution in [-0.2, 0) is 4.74 Å². The van der Waals surface area contributed by atoms with Crippen LogP contribution in [0.25, 0.3) is 0 Å². The van der Waals surface area contributed by atoms with Gasteiger partial charge in [-0.2, -0.15) is 0 Å². The number of hydrogen-bond acceptors (Lipinski definition) is 3. The normalized spacial score (nSPS) is 20.9. The van der Waals surface area contributed by atoms with Crippen LogP contribution in [0.2, 0.25) is 0 Å². The average molecular weight is 270 g/mol. The number of nitrogens with two attached hydrogens (primary N) is 1. The van der Waals surface area contributed by atoms with Crippen molar-refractivity contribution >= 4 is 17.7 Å². The maximum absolute atomic E-state index is 5.74. The van der Waals surface area contributed by atoms with Crippen molar-refractivity contribution in [2.24, 2.45) is 10.2 Å². The molecule has 1 aromatic carbocycles. The number of ether oxygens (including phenoxy) is 2. The summed E-state index contributed by atoms with van der Waals surface area (Å²) in [5.74, 6) is 1.14. The number of guanidine groups is 1. The summed E-state index contributed by atoms with van der Waals surface area (Å²) in [4.78, 5) is 1.90. The first-order chi connectivity index (χ1) is 8.74. The third-order valence-electron chi connectivity index (χ3n) is 2.94. The van der Waals surface area contributed by atoms with E-state index < -0.39 is 0 Å². The molecule has 1 heterocycles. The highest BCUT2D eigenvalue weighted by molar-refractivity contribution is 6.19. The summed E-state index contributed by atoms with van der Waals surface area (Å²) in [6.45, 7) is 1.92. The van der Waals surface area contributed by atoms with Crippen LogP contribution in [0.5, 0.6) is 5.75 Å². The molecule has 2 rings (SSSR count). The molecule has 1 unspecified atom stereocenters. The van der Waals surface area contributed by atoms with Crippen LogP contribution < -0.4 is 10.5 Å². The molecular formula is C12H16ClN3O2. The van der Waals surface area contributed by atoms with Crippen molar-refractivity contribution in [2.45, 2.75) is 6.10 Å². The van der Waals surface area contributed by atoms with E-state index in [9.17, 15) is 0 Å². The maximum atomic E-state index is 5.74. The lowest BCUT2D eigenvalue weighted by atomic mass is 10.1. The second-order valence-electron chi connectivity index (χ2n) is 4.02. The largest absolute Gasteiger partial charge is 0.497 e. The summed E-state index contributed by atoms with van der Waals surface area (Å²) in [6.07, 6.45) is -0.0502. The predicted molar refractivity (Wildman–Crippen MR) is 70.7 cm³/mol. The molecule has 5 nitrogen and oxygen atoms in total. The van der Waals surface area contributed by atoms with Crippen LogP contribution in [0, 0.1) is 0 Å². The molecule has 1 aliphatic rings. The van der Waals surface area contributed by atoms with Gasteiger partial charge in [0.2, 0.25) is 5.96 Å². The maximum Gasteiger partial charge on any atom is 0.209 e. The molecule has 0 amide bonds. The minimum absolute atomic E-state index is 0.0502. The van der Waals surface area contributed by atoms with Gasteiger partial charge in [-0.15, -0.1) is 4.51 Å². The fourth-order valence-corrected chi connectivity index (χ4v) is 2.06. The third-order valence-corrected chi connectivity index (χ3v) is 3.12. The van der Waals surface area contributed by atoms with Crippen molar-refractivity contribution in [1.29, 1.82) is 0 Å². The molecule has 1 saturated heterocycles. The summed E-state index contributed by atoms with van der Waals surface area (Å²) >= 11 is 5.39. The van der Waals surface area contributed by atoms with Crippen molar-refractivity contribution in [3.63, 3.8) is 0 Å². The molecule has 1 atom stereocenters. The minimum atomic E-state index is -0.0502. The zero-order chi connectivity index (χ0) is 13.0. The number of benzene rings is 1. The molecule has 1 aromatic rings. The second kappa shape index (κ2) is 5.93. The Morgan fingerprint density at radius 2 is 2.44 bits per heavy atom. The molecule has 2 N–H and O–H groups in total. The SMILES string of the molecule is COc1cccc(C2CN(/C(N)=N\Cl)CCO2)c1.